The van der Waals surface area contributed by atoms with Crippen LogP contribution in [-0.4, -0.2) is 29.6 Å². The molecule has 0 amide bonds. The smallest absolute Gasteiger partial charge is 0.137 e. The summed E-state index contributed by atoms with van der Waals surface area (Å²) in [7, 11) is 0. The summed E-state index contributed by atoms with van der Waals surface area (Å²) in [6.07, 6.45) is 1.11. The summed E-state index contributed by atoms with van der Waals surface area (Å²) in [6.45, 7) is 9.63. The maximum atomic E-state index is 13.3. The summed E-state index contributed by atoms with van der Waals surface area (Å²) in [5, 5.41) is 3.62. The summed E-state index contributed by atoms with van der Waals surface area (Å²) in [6, 6.07) is 5.79. The zero-order chi connectivity index (χ0) is 14.0. The number of rotatable bonds is 3. The fraction of sp³-hybridized carbons (Fsp3) is 0.600. The van der Waals surface area contributed by atoms with Gasteiger partial charge in [-0.1, -0.05) is 13.0 Å². The fourth-order valence-corrected chi connectivity index (χ4v) is 2.93. The summed E-state index contributed by atoms with van der Waals surface area (Å²) >= 11 is 3.26. The Bertz CT molecular complexity index is 452. The molecule has 1 aromatic rings. The van der Waals surface area contributed by atoms with Gasteiger partial charge in [-0.25, -0.2) is 4.39 Å². The van der Waals surface area contributed by atoms with Crippen molar-refractivity contribution in [1.29, 1.82) is 0 Å². The maximum absolute atomic E-state index is 13.3. The second-order valence-electron chi connectivity index (χ2n) is 5.80. The van der Waals surface area contributed by atoms with Crippen LogP contribution in [0.2, 0.25) is 0 Å². The Morgan fingerprint density at radius 3 is 2.89 bits per heavy atom. The molecule has 0 aromatic heterocycles. The monoisotopic (exact) mass is 328 g/mol. The zero-order valence-electron chi connectivity index (χ0n) is 11.8. The minimum absolute atomic E-state index is 0.184. The van der Waals surface area contributed by atoms with E-state index in [-0.39, 0.29) is 11.4 Å². The summed E-state index contributed by atoms with van der Waals surface area (Å²) in [4.78, 5) is 2.47. The Hall–Kier alpha value is -0.450. The summed E-state index contributed by atoms with van der Waals surface area (Å²) in [5.41, 5.74) is 1.34. The Morgan fingerprint density at radius 1 is 1.53 bits per heavy atom. The first-order valence-corrected chi connectivity index (χ1v) is 7.66. The molecule has 1 fully saturated rings. The van der Waals surface area contributed by atoms with Crippen molar-refractivity contribution in [2.24, 2.45) is 0 Å². The van der Waals surface area contributed by atoms with Crippen molar-refractivity contribution >= 4 is 15.9 Å². The molecule has 1 aliphatic heterocycles. The van der Waals surface area contributed by atoms with Crippen molar-refractivity contribution in [2.75, 3.05) is 13.1 Å². The van der Waals surface area contributed by atoms with Gasteiger partial charge in [-0.2, -0.15) is 0 Å². The molecule has 2 rings (SSSR count). The van der Waals surface area contributed by atoms with Gasteiger partial charge < -0.3 is 5.32 Å². The van der Waals surface area contributed by atoms with Crippen LogP contribution in [0, 0.1) is 5.82 Å². The third-order valence-electron chi connectivity index (χ3n) is 4.15. The first kappa shape index (κ1) is 14.9. The van der Waals surface area contributed by atoms with E-state index in [1.165, 1.54) is 6.07 Å². The molecule has 2 unspecified atom stereocenters. The quantitative estimate of drug-likeness (QED) is 0.912. The van der Waals surface area contributed by atoms with Crippen LogP contribution in [0.3, 0.4) is 0 Å². The van der Waals surface area contributed by atoms with E-state index in [1.807, 2.05) is 12.1 Å². The molecule has 1 aliphatic rings. The molecule has 0 aliphatic carbocycles. The summed E-state index contributed by atoms with van der Waals surface area (Å²) in [5.74, 6) is -0.199. The highest BCUT2D eigenvalue weighted by molar-refractivity contribution is 9.10. The number of nitrogens with one attached hydrogen (secondary N) is 1. The highest BCUT2D eigenvalue weighted by Gasteiger charge is 2.32. The fourth-order valence-electron chi connectivity index (χ4n) is 2.50. The Kier molecular flexibility index (Phi) is 4.64. The Morgan fingerprint density at radius 2 is 2.26 bits per heavy atom. The standard InChI is InChI=1S/C15H22BrFN2/c1-4-15(3)10-19(11(2)8-18-15)9-12-5-6-14(17)13(16)7-12/h5-7,11,18H,4,8-10H2,1-3H3. The van der Waals surface area contributed by atoms with Crippen LogP contribution in [0.5, 0.6) is 0 Å². The van der Waals surface area contributed by atoms with Crippen LogP contribution < -0.4 is 5.32 Å². The molecule has 1 saturated heterocycles. The molecule has 0 saturated carbocycles. The van der Waals surface area contributed by atoms with Gasteiger partial charge in [-0.15, -0.1) is 0 Å². The highest BCUT2D eigenvalue weighted by atomic mass is 79.9. The molecule has 0 spiro atoms. The maximum Gasteiger partial charge on any atom is 0.137 e. The molecule has 1 aromatic carbocycles. The van der Waals surface area contributed by atoms with Crippen LogP contribution in [0.25, 0.3) is 0 Å². The molecule has 0 radical (unpaired) electrons. The lowest BCUT2D eigenvalue weighted by molar-refractivity contribution is 0.0865. The molecular weight excluding hydrogens is 307 g/mol. The molecule has 4 heteroatoms. The van der Waals surface area contributed by atoms with E-state index in [0.29, 0.717) is 10.5 Å². The van der Waals surface area contributed by atoms with E-state index in [0.717, 1.165) is 31.6 Å². The first-order valence-electron chi connectivity index (χ1n) is 6.86. The number of benzene rings is 1. The van der Waals surface area contributed by atoms with Crippen molar-refractivity contribution in [2.45, 2.75) is 45.3 Å². The van der Waals surface area contributed by atoms with Crippen LogP contribution >= 0.6 is 15.9 Å². The third kappa shape index (κ3) is 3.56. The molecule has 1 N–H and O–H groups in total. The number of nitrogens with zero attached hydrogens (tertiary/aromatic N) is 1. The number of hydrogen-bond acceptors (Lipinski definition) is 2. The van der Waals surface area contributed by atoms with Gasteiger partial charge in [0.1, 0.15) is 5.82 Å². The predicted octanol–water partition coefficient (Wildman–Crippen LogP) is 3.55. The number of piperazine rings is 1. The van der Waals surface area contributed by atoms with E-state index in [9.17, 15) is 4.39 Å². The molecule has 1 heterocycles. The minimum Gasteiger partial charge on any atom is -0.309 e. The normalized spacial score (nSPS) is 28.6. The van der Waals surface area contributed by atoms with Gasteiger partial charge in [-0.3, -0.25) is 4.90 Å². The predicted molar refractivity (Wildman–Crippen MR) is 80.7 cm³/mol. The van der Waals surface area contributed by atoms with Crippen LogP contribution in [-0.2, 0) is 6.54 Å². The van der Waals surface area contributed by atoms with Gasteiger partial charge in [-0.05, 0) is 53.9 Å². The lowest BCUT2D eigenvalue weighted by Gasteiger charge is -2.45. The van der Waals surface area contributed by atoms with E-state index >= 15 is 0 Å². The van der Waals surface area contributed by atoms with Gasteiger partial charge in [0.05, 0.1) is 4.47 Å². The van der Waals surface area contributed by atoms with Crippen molar-refractivity contribution in [3.63, 3.8) is 0 Å². The lowest BCUT2D eigenvalue weighted by atomic mass is 9.93. The van der Waals surface area contributed by atoms with Gasteiger partial charge in [0, 0.05) is 31.2 Å². The molecule has 0 bridgehead atoms. The van der Waals surface area contributed by atoms with Crippen molar-refractivity contribution in [3.8, 4) is 0 Å². The minimum atomic E-state index is -0.199. The second-order valence-corrected chi connectivity index (χ2v) is 6.65. The average molecular weight is 329 g/mol. The third-order valence-corrected chi connectivity index (χ3v) is 4.76. The van der Waals surface area contributed by atoms with Crippen LogP contribution in [0.1, 0.15) is 32.8 Å². The SMILES string of the molecule is CCC1(C)CN(Cc2ccc(F)c(Br)c2)C(C)CN1. The van der Waals surface area contributed by atoms with Crippen molar-refractivity contribution in [1.82, 2.24) is 10.2 Å². The van der Waals surface area contributed by atoms with Gasteiger partial charge in [0.15, 0.2) is 0 Å². The van der Waals surface area contributed by atoms with Gasteiger partial charge >= 0.3 is 0 Å². The van der Waals surface area contributed by atoms with Crippen LogP contribution in [0.15, 0.2) is 22.7 Å². The van der Waals surface area contributed by atoms with Crippen molar-refractivity contribution in [3.05, 3.63) is 34.1 Å². The molecular formula is C15H22BrFN2. The largest absolute Gasteiger partial charge is 0.309 e. The summed E-state index contributed by atoms with van der Waals surface area (Å²) < 4.78 is 13.8. The zero-order valence-corrected chi connectivity index (χ0v) is 13.4. The van der Waals surface area contributed by atoms with Gasteiger partial charge in [0.25, 0.3) is 0 Å². The van der Waals surface area contributed by atoms with E-state index in [1.54, 1.807) is 0 Å². The lowest BCUT2D eigenvalue weighted by Crippen LogP contribution is -2.61. The first-order chi connectivity index (χ1) is 8.93. The number of hydrogen-bond donors (Lipinski definition) is 1. The van der Waals surface area contributed by atoms with Crippen molar-refractivity contribution < 1.29 is 4.39 Å². The number of halogens is 2. The molecule has 106 valence electrons. The molecule has 19 heavy (non-hydrogen) atoms. The Balaban J connectivity index is 2.10. The molecule has 2 atom stereocenters. The Labute approximate surface area is 123 Å². The topological polar surface area (TPSA) is 15.3 Å². The molecule has 2 nitrogen and oxygen atoms in total. The second kappa shape index (κ2) is 5.90. The van der Waals surface area contributed by atoms with E-state index < -0.39 is 0 Å². The van der Waals surface area contributed by atoms with Gasteiger partial charge in [0.2, 0.25) is 0 Å². The van der Waals surface area contributed by atoms with E-state index in [4.69, 9.17) is 0 Å². The van der Waals surface area contributed by atoms with Crippen LogP contribution in [0.4, 0.5) is 4.39 Å². The van der Waals surface area contributed by atoms with E-state index in [2.05, 4.69) is 46.9 Å². The average Bonchev–Trinajstić information content (AvgIpc) is 2.39. The highest BCUT2D eigenvalue weighted by Crippen LogP contribution is 2.23.